The molecule has 1 aliphatic rings. The van der Waals surface area contributed by atoms with Crippen LogP contribution in [0.3, 0.4) is 0 Å². The van der Waals surface area contributed by atoms with Crippen molar-refractivity contribution in [2.24, 2.45) is 5.92 Å². The van der Waals surface area contributed by atoms with E-state index >= 15 is 0 Å². The second-order valence-corrected chi connectivity index (χ2v) is 5.17. The molecule has 6 nitrogen and oxygen atoms in total. The number of nitrogens with zero attached hydrogens (tertiary/aromatic N) is 3. The Labute approximate surface area is 114 Å². The molecule has 0 aromatic carbocycles. The maximum Gasteiger partial charge on any atom is 0.318 e. The first kappa shape index (κ1) is 14.3. The summed E-state index contributed by atoms with van der Waals surface area (Å²) in [4.78, 5) is 2.14. The fourth-order valence-electron chi connectivity index (χ4n) is 2.58. The second kappa shape index (κ2) is 6.86. The van der Waals surface area contributed by atoms with Crippen molar-refractivity contribution in [2.75, 3.05) is 31.1 Å². The summed E-state index contributed by atoms with van der Waals surface area (Å²) in [5.41, 5.74) is 0. The number of aromatic nitrogens is 2. The number of nitrogens with one attached hydrogen (secondary N) is 1. The van der Waals surface area contributed by atoms with E-state index in [2.05, 4.69) is 27.3 Å². The molecule has 1 aromatic rings. The molecule has 2 N–H and O–H groups in total. The predicted molar refractivity (Wildman–Crippen MR) is 73.0 cm³/mol. The molecule has 1 aromatic heterocycles. The molecular formula is C13H24N4O2. The lowest BCUT2D eigenvalue weighted by atomic mass is 9.95. The third-order valence-electron chi connectivity index (χ3n) is 3.64. The van der Waals surface area contributed by atoms with Gasteiger partial charge < -0.3 is 19.7 Å². The summed E-state index contributed by atoms with van der Waals surface area (Å²) < 4.78 is 5.74. The molecule has 0 amide bonds. The summed E-state index contributed by atoms with van der Waals surface area (Å²) in [6, 6.07) is 0.701. The van der Waals surface area contributed by atoms with E-state index in [9.17, 15) is 0 Å². The molecule has 0 spiro atoms. The highest BCUT2D eigenvalue weighted by Gasteiger charge is 2.24. The second-order valence-electron chi connectivity index (χ2n) is 5.17. The van der Waals surface area contributed by atoms with Crippen LogP contribution >= 0.6 is 0 Å². The van der Waals surface area contributed by atoms with E-state index in [4.69, 9.17) is 9.52 Å². The minimum absolute atomic E-state index is 0.0873. The number of aliphatic hydroxyl groups excluding tert-OH is 1. The third-order valence-corrected chi connectivity index (χ3v) is 3.64. The van der Waals surface area contributed by atoms with Crippen molar-refractivity contribution >= 4 is 6.01 Å². The van der Waals surface area contributed by atoms with E-state index in [1.54, 1.807) is 0 Å². The monoisotopic (exact) mass is 268 g/mol. The maximum atomic E-state index is 9.03. The van der Waals surface area contributed by atoms with Crippen molar-refractivity contribution in [3.05, 3.63) is 5.89 Å². The van der Waals surface area contributed by atoms with Crippen molar-refractivity contribution in [1.29, 1.82) is 0 Å². The minimum atomic E-state index is 0.0873. The molecule has 0 radical (unpaired) electrons. The third kappa shape index (κ3) is 3.67. The lowest BCUT2D eigenvalue weighted by Gasteiger charge is -2.30. The van der Waals surface area contributed by atoms with E-state index in [0.29, 0.717) is 17.8 Å². The molecule has 1 saturated heterocycles. The Bertz CT molecular complexity index is 380. The van der Waals surface area contributed by atoms with Crippen LogP contribution in [0.25, 0.3) is 0 Å². The van der Waals surface area contributed by atoms with Gasteiger partial charge in [-0.2, -0.15) is 0 Å². The van der Waals surface area contributed by atoms with Crippen LogP contribution in [-0.2, 0) is 0 Å². The van der Waals surface area contributed by atoms with Crippen LogP contribution in [0.2, 0.25) is 0 Å². The number of hydrogen-bond acceptors (Lipinski definition) is 6. The Morgan fingerprint density at radius 3 is 3.11 bits per heavy atom. The van der Waals surface area contributed by atoms with Gasteiger partial charge in [0.1, 0.15) is 0 Å². The average Bonchev–Trinajstić information content (AvgIpc) is 2.89. The molecule has 2 atom stereocenters. The smallest absolute Gasteiger partial charge is 0.318 e. The van der Waals surface area contributed by atoms with Gasteiger partial charge in [0.25, 0.3) is 0 Å². The summed E-state index contributed by atoms with van der Waals surface area (Å²) in [6.45, 7) is 7.06. The summed E-state index contributed by atoms with van der Waals surface area (Å²) >= 11 is 0. The van der Waals surface area contributed by atoms with E-state index in [1.165, 1.54) is 6.42 Å². The molecule has 6 heteroatoms. The van der Waals surface area contributed by atoms with E-state index in [0.717, 1.165) is 32.5 Å². The van der Waals surface area contributed by atoms with Gasteiger partial charge in [-0.05, 0) is 38.6 Å². The van der Waals surface area contributed by atoms with Crippen molar-refractivity contribution in [3.63, 3.8) is 0 Å². The first-order chi connectivity index (χ1) is 9.24. The highest BCUT2D eigenvalue weighted by Crippen LogP contribution is 2.25. The summed E-state index contributed by atoms with van der Waals surface area (Å²) in [5, 5.41) is 20.5. The fraction of sp³-hybridized carbons (Fsp3) is 0.846. The molecule has 0 saturated carbocycles. The van der Waals surface area contributed by atoms with Gasteiger partial charge in [0, 0.05) is 19.7 Å². The van der Waals surface area contributed by atoms with Crippen LogP contribution in [0, 0.1) is 5.92 Å². The van der Waals surface area contributed by atoms with Gasteiger partial charge >= 0.3 is 6.01 Å². The molecule has 0 bridgehead atoms. The molecular weight excluding hydrogens is 244 g/mol. The van der Waals surface area contributed by atoms with Crippen LogP contribution in [0.5, 0.6) is 0 Å². The van der Waals surface area contributed by atoms with Gasteiger partial charge in [0.2, 0.25) is 5.89 Å². The Morgan fingerprint density at radius 2 is 2.37 bits per heavy atom. The van der Waals surface area contributed by atoms with Gasteiger partial charge in [-0.15, -0.1) is 5.10 Å². The predicted octanol–water partition coefficient (Wildman–Crippen LogP) is 1.34. The zero-order valence-corrected chi connectivity index (χ0v) is 11.8. The highest BCUT2D eigenvalue weighted by molar-refractivity contribution is 5.25. The van der Waals surface area contributed by atoms with Crippen molar-refractivity contribution < 1.29 is 9.52 Å². The standard InChI is InChI=1S/C13H24N4O2/c1-3-14-10(2)12-15-16-13(19-12)17-7-4-5-11(9-17)6-8-18/h10-11,14,18H,3-9H2,1-2H3. The number of piperidine rings is 1. The summed E-state index contributed by atoms with van der Waals surface area (Å²) in [5.74, 6) is 1.17. The molecule has 2 unspecified atom stereocenters. The fourth-order valence-corrected chi connectivity index (χ4v) is 2.58. The molecule has 108 valence electrons. The van der Waals surface area contributed by atoms with Gasteiger partial charge in [-0.1, -0.05) is 12.0 Å². The zero-order chi connectivity index (χ0) is 13.7. The Hall–Kier alpha value is -1.14. The van der Waals surface area contributed by atoms with Gasteiger partial charge in [0.15, 0.2) is 0 Å². The van der Waals surface area contributed by atoms with Crippen LogP contribution < -0.4 is 10.2 Å². The number of hydrogen-bond donors (Lipinski definition) is 2. The molecule has 19 heavy (non-hydrogen) atoms. The Balaban J connectivity index is 1.97. The highest BCUT2D eigenvalue weighted by atomic mass is 16.4. The first-order valence-corrected chi connectivity index (χ1v) is 7.17. The van der Waals surface area contributed by atoms with Gasteiger partial charge in [-0.25, -0.2) is 0 Å². The topological polar surface area (TPSA) is 74.4 Å². The number of rotatable bonds is 6. The minimum Gasteiger partial charge on any atom is -0.406 e. The lowest BCUT2D eigenvalue weighted by molar-refractivity contribution is 0.242. The van der Waals surface area contributed by atoms with Crippen molar-refractivity contribution in [2.45, 2.75) is 39.2 Å². The first-order valence-electron chi connectivity index (χ1n) is 7.17. The van der Waals surface area contributed by atoms with Crippen LogP contribution in [0.4, 0.5) is 6.01 Å². The van der Waals surface area contributed by atoms with Crippen LogP contribution in [0.15, 0.2) is 4.42 Å². The van der Waals surface area contributed by atoms with Crippen LogP contribution in [0.1, 0.15) is 45.0 Å². The summed E-state index contributed by atoms with van der Waals surface area (Å²) in [7, 11) is 0. The molecule has 2 rings (SSSR count). The number of anilines is 1. The Kier molecular flexibility index (Phi) is 5.15. The van der Waals surface area contributed by atoms with Gasteiger partial charge in [-0.3, -0.25) is 0 Å². The van der Waals surface area contributed by atoms with E-state index < -0.39 is 0 Å². The zero-order valence-electron chi connectivity index (χ0n) is 11.8. The molecule has 1 aliphatic heterocycles. The van der Waals surface area contributed by atoms with Crippen molar-refractivity contribution in [1.82, 2.24) is 15.5 Å². The number of aliphatic hydroxyl groups is 1. The lowest BCUT2D eigenvalue weighted by Crippen LogP contribution is -2.36. The molecule has 1 fully saturated rings. The Morgan fingerprint density at radius 1 is 1.53 bits per heavy atom. The van der Waals surface area contributed by atoms with Crippen molar-refractivity contribution in [3.8, 4) is 0 Å². The van der Waals surface area contributed by atoms with E-state index in [1.807, 2.05) is 6.92 Å². The van der Waals surface area contributed by atoms with Crippen LogP contribution in [-0.4, -0.2) is 41.5 Å². The van der Waals surface area contributed by atoms with Gasteiger partial charge in [0.05, 0.1) is 6.04 Å². The SMILES string of the molecule is CCNC(C)c1nnc(N2CCCC(CCO)C2)o1. The maximum absolute atomic E-state index is 9.03. The van der Waals surface area contributed by atoms with E-state index in [-0.39, 0.29) is 12.6 Å². The average molecular weight is 268 g/mol. The summed E-state index contributed by atoms with van der Waals surface area (Å²) in [6.07, 6.45) is 3.14. The molecule has 0 aliphatic carbocycles. The quantitative estimate of drug-likeness (QED) is 0.811. The normalized spacial score (nSPS) is 21.6. The molecule has 2 heterocycles. The largest absolute Gasteiger partial charge is 0.406 e.